The summed E-state index contributed by atoms with van der Waals surface area (Å²) in [5, 5.41) is 0. The van der Waals surface area contributed by atoms with Crippen LogP contribution in [-0.2, 0) is 0 Å². The molecule has 0 aliphatic rings. The van der Waals surface area contributed by atoms with Crippen LogP contribution in [0.1, 0.15) is 5.56 Å². The molecule has 0 aliphatic heterocycles. The molecule has 1 rings (SSSR count). The molecule has 58 valence electrons. The fourth-order valence-electron chi connectivity index (χ4n) is 0.610. The third-order valence-corrected chi connectivity index (χ3v) is 1.26. The fourth-order valence-corrected chi connectivity index (χ4v) is 0.610. The maximum absolute atomic E-state index is 3.82. The van der Waals surface area contributed by atoms with Crippen molar-refractivity contribution in [3.8, 4) is 0 Å². The second-order valence-corrected chi connectivity index (χ2v) is 1.93. The highest BCUT2D eigenvalue weighted by Gasteiger charge is 1.89. The van der Waals surface area contributed by atoms with E-state index < -0.39 is 0 Å². The quantitative estimate of drug-likeness (QED) is 0.423. The second-order valence-electron chi connectivity index (χ2n) is 1.93. The van der Waals surface area contributed by atoms with Gasteiger partial charge in [0, 0.05) is 5.56 Å². The van der Waals surface area contributed by atoms with Crippen LogP contribution in [0.25, 0.3) is 0 Å². The molecule has 0 unspecified atom stereocenters. The zero-order chi connectivity index (χ0) is 5.98. The summed E-state index contributed by atoms with van der Waals surface area (Å²) in [6.45, 7) is 2.06. The standard InChI is InChI=1S/C7H9N.ClH.H2O/c1-6-4-2-3-5-7(6)8;;/h2-5H,8H2,1H3;1H;1H2. The lowest BCUT2D eigenvalue weighted by Gasteiger charge is -1.89. The van der Waals surface area contributed by atoms with E-state index in [0.29, 0.717) is 0 Å². The Hall–Kier alpha value is -0.570. The maximum atomic E-state index is 3.82. The van der Waals surface area contributed by atoms with Gasteiger partial charge in [0.05, 0.1) is 0 Å². The van der Waals surface area contributed by atoms with Gasteiger partial charge in [-0.25, -0.2) is 0 Å². The first-order valence-electron chi connectivity index (χ1n) is 2.68. The molecular formula is C7H12ClNO. The largest absolute Gasteiger partial charge is 1.00 e. The zero-order valence-corrected chi connectivity index (χ0v) is 6.65. The van der Waals surface area contributed by atoms with E-state index in [4.69, 9.17) is 0 Å². The molecular weight excluding hydrogens is 150 g/mol. The monoisotopic (exact) mass is 161 g/mol. The Balaban J connectivity index is 0. The van der Waals surface area contributed by atoms with E-state index in [1.807, 2.05) is 18.2 Å². The average molecular weight is 162 g/mol. The van der Waals surface area contributed by atoms with Gasteiger partial charge in [-0.05, 0) is 13.0 Å². The van der Waals surface area contributed by atoms with Crippen LogP contribution in [0.5, 0.6) is 0 Å². The van der Waals surface area contributed by atoms with Crippen molar-refractivity contribution in [3.05, 3.63) is 29.8 Å². The molecule has 0 aliphatic carbocycles. The Morgan fingerprint density at radius 1 is 1.20 bits per heavy atom. The summed E-state index contributed by atoms with van der Waals surface area (Å²) >= 11 is 0. The van der Waals surface area contributed by atoms with Crippen LogP contribution in [-0.4, -0.2) is 5.48 Å². The van der Waals surface area contributed by atoms with Gasteiger partial charge in [0.25, 0.3) is 0 Å². The predicted octanol–water partition coefficient (Wildman–Crippen LogP) is -2.95. The van der Waals surface area contributed by atoms with E-state index in [0.717, 1.165) is 5.69 Å². The minimum absolute atomic E-state index is 0. The molecule has 0 aromatic heterocycles. The molecule has 0 fully saturated rings. The van der Waals surface area contributed by atoms with E-state index >= 15 is 0 Å². The molecule has 5 N–H and O–H groups in total. The minimum Gasteiger partial charge on any atom is -1.00 e. The van der Waals surface area contributed by atoms with Gasteiger partial charge in [-0.15, -0.1) is 0 Å². The van der Waals surface area contributed by atoms with E-state index in [1.165, 1.54) is 5.56 Å². The molecule has 1 aromatic rings. The van der Waals surface area contributed by atoms with Gasteiger partial charge in [0.1, 0.15) is 5.69 Å². The number of halogens is 1. The van der Waals surface area contributed by atoms with Crippen molar-refractivity contribution >= 4 is 5.69 Å². The van der Waals surface area contributed by atoms with Crippen LogP contribution in [0.15, 0.2) is 24.3 Å². The number of aryl methyl sites for hydroxylation is 1. The Bertz CT molecular complexity index is 170. The number of benzene rings is 1. The molecule has 2 nitrogen and oxygen atoms in total. The molecule has 0 amide bonds. The molecule has 0 atom stereocenters. The summed E-state index contributed by atoms with van der Waals surface area (Å²) < 4.78 is 0. The molecule has 0 heterocycles. The van der Waals surface area contributed by atoms with Crippen molar-refractivity contribution in [2.75, 3.05) is 0 Å². The highest BCUT2D eigenvalue weighted by molar-refractivity contribution is 5.36. The van der Waals surface area contributed by atoms with Crippen molar-refractivity contribution in [2.45, 2.75) is 6.92 Å². The maximum Gasteiger partial charge on any atom is 0.130 e. The summed E-state index contributed by atoms with van der Waals surface area (Å²) in [7, 11) is 0. The van der Waals surface area contributed by atoms with Crippen molar-refractivity contribution in [3.63, 3.8) is 0 Å². The minimum atomic E-state index is 0. The van der Waals surface area contributed by atoms with Crippen LogP contribution >= 0.6 is 0 Å². The SMILES string of the molecule is Cc1ccccc1[NH3+].O.[Cl-]. The topological polar surface area (TPSA) is 59.1 Å². The second kappa shape index (κ2) is 5.23. The van der Waals surface area contributed by atoms with Gasteiger partial charge in [-0.1, -0.05) is 18.2 Å². The van der Waals surface area contributed by atoms with Gasteiger partial charge in [0.15, 0.2) is 0 Å². The van der Waals surface area contributed by atoms with E-state index in [9.17, 15) is 0 Å². The van der Waals surface area contributed by atoms with Gasteiger partial charge in [-0.3, -0.25) is 0 Å². The molecule has 0 saturated carbocycles. The normalized spacial score (nSPS) is 7.40. The number of hydrogen-bond donors (Lipinski definition) is 1. The van der Waals surface area contributed by atoms with Crippen LogP contribution in [0.3, 0.4) is 0 Å². The molecule has 3 heteroatoms. The van der Waals surface area contributed by atoms with Crippen molar-refractivity contribution in [1.82, 2.24) is 0 Å². The van der Waals surface area contributed by atoms with Crippen LogP contribution in [0, 0.1) is 6.92 Å². The Kier molecular flexibility index (Phi) is 6.35. The molecule has 0 spiro atoms. The van der Waals surface area contributed by atoms with Crippen molar-refractivity contribution in [1.29, 1.82) is 0 Å². The smallest absolute Gasteiger partial charge is 0.130 e. The van der Waals surface area contributed by atoms with Crippen LogP contribution in [0.4, 0.5) is 5.69 Å². The van der Waals surface area contributed by atoms with Gasteiger partial charge < -0.3 is 23.6 Å². The highest BCUT2D eigenvalue weighted by atomic mass is 35.5. The van der Waals surface area contributed by atoms with Gasteiger partial charge >= 0.3 is 0 Å². The molecule has 1 aromatic carbocycles. The number of quaternary nitrogens is 1. The molecule has 0 radical (unpaired) electrons. The van der Waals surface area contributed by atoms with Crippen molar-refractivity contribution in [2.24, 2.45) is 0 Å². The summed E-state index contributed by atoms with van der Waals surface area (Å²) in [5.74, 6) is 0. The van der Waals surface area contributed by atoms with Crippen LogP contribution in [0.2, 0.25) is 0 Å². The Labute approximate surface area is 66.8 Å². The van der Waals surface area contributed by atoms with Crippen molar-refractivity contribution < 1.29 is 23.6 Å². The third-order valence-electron chi connectivity index (χ3n) is 1.26. The van der Waals surface area contributed by atoms with E-state index in [-0.39, 0.29) is 17.9 Å². The molecule has 0 saturated heterocycles. The average Bonchev–Trinajstić information content (AvgIpc) is 1.77. The van der Waals surface area contributed by atoms with Crippen LogP contribution < -0.4 is 18.1 Å². The van der Waals surface area contributed by atoms with E-state index in [1.54, 1.807) is 0 Å². The fraction of sp³-hybridized carbons (Fsp3) is 0.143. The summed E-state index contributed by atoms with van der Waals surface area (Å²) in [4.78, 5) is 0. The summed E-state index contributed by atoms with van der Waals surface area (Å²) in [5.41, 5.74) is 6.20. The number of rotatable bonds is 0. The van der Waals surface area contributed by atoms with E-state index in [2.05, 4.69) is 18.7 Å². The summed E-state index contributed by atoms with van der Waals surface area (Å²) in [6, 6.07) is 8.08. The zero-order valence-electron chi connectivity index (χ0n) is 5.89. The third kappa shape index (κ3) is 2.82. The lowest BCUT2D eigenvalue weighted by molar-refractivity contribution is -0.255. The molecule has 10 heavy (non-hydrogen) atoms. The first-order valence-corrected chi connectivity index (χ1v) is 2.68. The van der Waals surface area contributed by atoms with Gasteiger partial charge in [-0.2, -0.15) is 0 Å². The first kappa shape index (κ1) is 12.1. The van der Waals surface area contributed by atoms with Gasteiger partial charge in [0.2, 0.25) is 0 Å². The molecule has 0 bridgehead atoms. The lowest BCUT2D eigenvalue weighted by atomic mass is 10.2. The predicted molar refractivity (Wildman–Crippen MR) is 37.3 cm³/mol. The first-order chi connectivity index (χ1) is 3.80. The summed E-state index contributed by atoms with van der Waals surface area (Å²) in [6.07, 6.45) is 0. The Morgan fingerprint density at radius 3 is 2.00 bits per heavy atom. The lowest BCUT2D eigenvalue weighted by Crippen LogP contribution is -3.00. The number of hydrogen-bond acceptors (Lipinski definition) is 0. The Morgan fingerprint density at radius 2 is 1.70 bits per heavy atom. The highest BCUT2D eigenvalue weighted by Crippen LogP contribution is 2.04.